The van der Waals surface area contributed by atoms with Gasteiger partial charge in [0, 0.05) is 23.4 Å². The number of rotatable bonds is 4. The van der Waals surface area contributed by atoms with Crippen LogP contribution in [0.2, 0.25) is 0 Å². The quantitative estimate of drug-likeness (QED) is 0.821. The van der Waals surface area contributed by atoms with Crippen LogP contribution in [-0.4, -0.2) is 23.7 Å². The van der Waals surface area contributed by atoms with Crippen LogP contribution in [-0.2, 0) is 6.42 Å². The molecule has 1 amide bonds. The van der Waals surface area contributed by atoms with E-state index in [1.807, 2.05) is 18.2 Å². The van der Waals surface area contributed by atoms with E-state index >= 15 is 0 Å². The molecule has 0 bridgehead atoms. The summed E-state index contributed by atoms with van der Waals surface area (Å²) in [7, 11) is 0. The third-order valence-corrected chi connectivity index (χ3v) is 4.44. The van der Waals surface area contributed by atoms with E-state index in [1.165, 1.54) is 10.4 Å². The van der Waals surface area contributed by atoms with Crippen LogP contribution >= 0.6 is 11.3 Å². The topological polar surface area (TPSA) is 49.3 Å². The number of amides is 1. The van der Waals surface area contributed by atoms with Crippen LogP contribution in [0.25, 0.3) is 0 Å². The van der Waals surface area contributed by atoms with E-state index in [0.29, 0.717) is 0 Å². The summed E-state index contributed by atoms with van der Waals surface area (Å²) in [4.78, 5) is 14.1. The Hall–Kier alpha value is -1.13. The van der Waals surface area contributed by atoms with Gasteiger partial charge in [0.15, 0.2) is 0 Å². The van der Waals surface area contributed by atoms with E-state index in [1.54, 1.807) is 11.3 Å². The van der Waals surface area contributed by atoms with Gasteiger partial charge in [-0.25, -0.2) is 0 Å². The minimum absolute atomic E-state index is 0.00367. The highest BCUT2D eigenvalue weighted by Gasteiger charge is 2.21. The van der Waals surface area contributed by atoms with Gasteiger partial charge in [-0.3, -0.25) is 4.79 Å². The van der Waals surface area contributed by atoms with E-state index in [0.717, 1.165) is 17.7 Å². The standard InChI is InChI=1S/C14H19NO2S/c1-3-11-7-13(18-9(11)2)14(17)15-12-5-4-10(6-12)8-16/h4-5,7,10,12,16H,3,6,8H2,1-2H3,(H,15,17)/t10-,12+/m0/s1. The van der Waals surface area contributed by atoms with Crippen LogP contribution in [0.4, 0.5) is 0 Å². The first-order chi connectivity index (χ1) is 8.63. The number of carbonyl (C=O) groups is 1. The summed E-state index contributed by atoms with van der Waals surface area (Å²) in [5.74, 6) is 0.183. The number of thiophene rings is 1. The molecule has 4 heteroatoms. The molecule has 1 aromatic heterocycles. The number of hydrogen-bond donors (Lipinski definition) is 2. The normalized spacial score (nSPS) is 22.4. The molecule has 0 aliphatic heterocycles. The second-order valence-electron chi connectivity index (χ2n) is 4.69. The molecule has 0 saturated carbocycles. The molecule has 1 heterocycles. The van der Waals surface area contributed by atoms with E-state index in [-0.39, 0.29) is 24.5 Å². The van der Waals surface area contributed by atoms with Crippen LogP contribution < -0.4 is 5.32 Å². The summed E-state index contributed by atoms with van der Waals surface area (Å²) >= 11 is 1.55. The van der Waals surface area contributed by atoms with Crippen LogP contribution in [0.15, 0.2) is 18.2 Å². The van der Waals surface area contributed by atoms with Crippen molar-refractivity contribution in [3.63, 3.8) is 0 Å². The highest BCUT2D eigenvalue weighted by Crippen LogP contribution is 2.23. The van der Waals surface area contributed by atoms with Crippen LogP contribution in [0.3, 0.4) is 0 Å². The molecule has 1 aliphatic carbocycles. The summed E-state index contributed by atoms with van der Waals surface area (Å²) in [5, 5.41) is 12.0. The zero-order valence-corrected chi connectivity index (χ0v) is 11.6. The fraction of sp³-hybridized carbons (Fsp3) is 0.500. The summed E-state index contributed by atoms with van der Waals surface area (Å²) in [6, 6.07) is 2.04. The lowest BCUT2D eigenvalue weighted by Gasteiger charge is -2.11. The van der Waals surface area contributed by atoms with Gasteiger partial charge in [-0.15, -0.1) is 11.3 Å². The second-order valence-corrected chi connectivity index (χ2v) is 5.95. The Morgan fingerprint density at radius 3 is 2.89 bits per heavy atom. The van der Waals surface area contributed by atoms with Gasteiger partial charge in [0.2, 0.25) is 0 Å². The number of carbonyl (C=O) groups excluding carboxylic acids is 1. The molecule has 98 valence electrons. The number of aliphatic hydroxyl groups is 1. The van der Waals surface area contributed by atoms with E-state index in [4.69, 9.17) is 5.11 Å². The first-order valence-corrected chi connectivity index (χ1v) is 7.15. The summed E-state index contributed by atoms with van der Waals surface area (Å²) in [5.41, 5.74) is 1.25. The molecule has 3 nitrogen and oxygen atoms in total. The van der Waals surface area contributed by atoms with Crippen molar-refractivity contribution < 1.29 is 9.90 Å². The van der Waals surface area contributed by atoms with E-state index in [9.17, 15) is 4.79 Å². The number of aliphatic hydroxyl groups excluding tert-OH is 1. The van der Waals surface area contributed by atoms with Crippen LogP contribution in [0.1, 0.15) is 33.5 Å². The lowest BCUT2D eigenvalue weighted by molar-refractivity contribution is 0.0945. The molecule has 2 atom stereocenters. The van der Waals surface area contributed by atoms with Crippen molar-refractivity contribution in [2.24, 2.45) is 5.92 Å². The molecule has 2 N–H and O–H groups in total. The van der Waals surface area contributed by atoms with Gasteiger partial charge in [-0.2, -0.15) is 0 Å². The highest BCUT2D eigenvalue weighted by atomic mass is 32.1. The first kappa shape index (κ1) is 13.3. The fourth-order valence-corrected chi connectivity index (χ4v) is 3.26. The van der Waals surface area contributed by atoms with E-state index in [2.05, 4.69) is 19.2 Å². The molecule has 0 spiro atoms. The monoisotopic (exact) mass is 265 g/mol. The molecule has 0 unspecified atom stereocenters. The smallest absolute Gasteiger partial charge is 0.261 e. The Kier molecular flexibility index (Phi) is 4.19. The lowest BCUT2D eigenvalue weighted by atomic mass is 10.1. The molecule has 1 aromatic rings. The Balaban J connectivity index is 1.98. The predicted octanol–water partition coefficient (Wildman–Crippen LogP) is 2.29. The largest absolute Gasteiger partial charge is 0.396 e. The van der Waals surface area contributed by atoms with Crippen LogP contribution in [0.5, 0.6) is 0 Å². The number of aryl methyl sites for hydroxylation is 2. The Bertz CT molecular complexity index is 464. The molecule has 0 aromatic carbocycles. The maximum absolute atomic E-state index is 12.1. The summed E-state index contributed by atoms with van der Waals surface area (Å²) in [6.45, 7) is 4.31. The van der Waals surface area contributed by atoms with Gasteiger partial charge < -0.3 is 10.4 Å². The predicted molar refractivity (Wildman–Crippen MR) is 74.0 cm³/mol. The molecule has 0 saturated heterocycles. The van der Waals surface area contributed by atoms with Crippen molar-refractivity contribution in [1.29, 1.82) is 0 Å². The Morgan fingerprint density at radius 2 is 2.33 bits per heavy atom. The van der Waals surface area contributed by atoms with Crippen molar-refractivity contribution in [2.75, 3.05) is 6.61 Å². The lowest BCUT2D eigenvalue weighted by Crippen LogP contribution is -2.32. The van der Waals surface area contributed by atoms with Gasteiger partial charge in [0.05, 0.1) is 4.88 Å². The minimum Gasteiger partial charge on any atom is -0.396 e. The maximum atomic E-state index is 12.1. The Morgan fingerprint density at radius 1 is 1.56 bits per heavy atom. The molecular weight excluding hydrogens is 246 g/mol. The zero-order valence-electron chi connectivity index (χ0n) is 10.8. The fourth-order valence-electron chi connectivity index (χ4n) is 2.24. The third-order valence-electron chi connectivity index (χ3n) is 3.35. The number of hydrogen-bond acceptors (Lipinski definition) is 3. The summed E-state index contributed by atoms with van der Waals surface area (Å²) in [6.07, 6.45) is 5.71. The molecule has 1 aliphatic rings. The molecule has 18 heavy (non-hydrogen) atoms. The molecular formula is C14H19NO2S. The molecule has 0 fully saturated rings. The van der Waals surface area contributed by atoms with Gasteiger partial charge in [0.25, 0.3) is 5.91 Å². The first-order valence-electron chi connectivity index (χ1n) is 6.33. The second kappa shape index (κ2) is 5.67. The summed E-state index contributed by atoms with van der Waals surface area (Å²) < 4.78 is 0. The van der Waals surface area contributed by atoms with Crippen molar-refractivity contribution in [2.45, 2.75) is 32.7 Å². The van der Waals surface area contributed by atoms with Gasteiger partial charge >= 0.3 is 0 Å². The minimum atomic E-state index is -0.00367. The maximum Gasteiger partial charge on any atom is 0.261 e. The molecule has 2 rings (SSSR count). The third kappa shape index (κ3) is 2.82. The van der Waals surface area contributed by atoms with Gasteiger partial charge in [-0.1, -0.05) is 19.1 Å². The van der Waals surface area contributed by atoms with Crippen molar-refractivity contribution >= 4 is 17.2 Å². The van der Waals surface area contributed by atoms with Crippen molar-refractivity contribution in [3.8, 4) is 0 Å². The van der Waals surface area contributed by atoms with Crippen LogP contribution in [0, 0.1) is 12.8 Å². The highest BCUT2D eigenvalue weighted by molar-refractivity contribution is 7.14. The van der Waals surface area contributed by atoms with Crippen molar-refractivity contribution in [3.05, 3.63) is 33.5 Å². The number of nitrogens with one attached hydrogen (secondary N) is 1. The van der Waals surface area contributed by atoms with E-state index < -0.39 is 0 Å². The average Bonchev–Trinajstić information content (AvgIpc) is 2.95. The van der Waals surface area contributed by atoms with Gasteiger partial charge in [0.1, 0.15) is 0 Å². The SMILES string of the molecule is CCc1cc(C(=O)N[C@@H]2C=C[C@H](CO)C2)sc1C. The average molecular weight is 265 g/mol. The van der Waals surface area contributed by atoms with Crippen molar-refractivity contribution in [1.82, 2.24) is 5.32 Å². The Labute approximate surface area is 112 Å². The molecule has 0 radical (unpaired) electrons. The zero-order chi connectivity index (χ0) is 13.1. The van der Waals surface area contributed by atoms with Gasteiger partial charge in [-0.05, 0) is 31.4 Å².